The van der Waals surface area contributed by atoms with Crippen LogP contribution in [0.2, 0.25) is 0 Å². The van der Waals surface area contributed by atoms with Crippen LogP contribution in [-0.4, -0.2) is 22.2 Å². The molecule has 2 aromatic rings. The van der Waals surface area contributed by atoms with Crippen molar-refractivity contribution in [1.29, 1.82) is 0 Å². The molecule has 0 aliphatic rings. The number of fused-ring (bicyclic) bond motifs is 1. The van der Waals surface area contributed by atoms with Crippen LogP contribution in [0.3, 0.4) is 0 Å². The van der Waals surface area contributed by atoms with E-state index in [1.165, 1.54) is 7.11 Å². The van der Waals surface area contributed by atoms with E-state index in [4.69, 9.17) is 9.84 Å². The second-order valence-corrected chi connectivity index (χ2v) is 3.10. The zero-order chi connectivity index (χ0) is 10.8. The van der Waals surface area contributed by atoms with Crippen LogP contribution >= 0.6 is 0 Å². The van der Waals surface area contributed by atoms with Crippen LogP contribution in [0.4, 0.5) is 0 Å². The van der Waals surface area contributed by atoms with Crippen molar-refractivity contribution in [2.75, 3.05) is 7.11 Å². The Labute approximate surface area is 85.4 Å². The first kappa shape index (κ1) is 9.67. The Kier molecular flexibility index (Phi) is 2.39. The smallest absolute Gasteiger partial charge is 0.290 e. The normalized spacial score (nSPS) is 10.5. The molecule has 0 aliphatic carbocycles. The lowest BCUT2D eigenvalue weighted by molar-refractivity contribution is 0.281. The van der Waals surface area contributed by atoms with Gasteiger partial charge < -0.3 is 14.8 Å². The number of aliphatic hydroxyl groups is 1. The van der Waals surface area contributed by atoms with Crippen molar-refractivity contribution in [3.63, 3.8) is 0 Å². The predicted molar refractivity (Wildman–Crippen MR) is 54.8 cm³/mol. The van der Waals surface area contributed by atoms with Gasteiger partial charge in [0.25, 0.3) is 5.56 Å². The zero-order valence-corrected chi connectivity index (χ0v) is 8.15. The van der Waals surface area contributed by atoms with Crippen molar-refractivity contribution in [3.8, 4) is 5.75 Å². The Morgan fingerprint density at radius 2 is 2.33 bits per heavy atom. The van der Waals surface area contributed by atoms with E-state index >= 15 is 0 Å². The first-order chi connectivity index (χ1) is 7.24. The van der Waals surface area contributed by atoms with Gasteiger partial charge in [-0.15, -0.1) is 0 Å². The van der Waals surface area contributed by atoms with E-state index in [-0.39, 0.29) is 17.9 Å². The van der Waals surface area contributed by atoms with E-state index in [1.54, 1.807) is 18.3 Å². The molecule has 2 N–H and O–H groups in total. The van der Waals surface area contributed by atoms with Gasteiger partial charge in [-0.2, -0.15) is 0 Å². The summed E-state index contributed by atoms with van der Waals surface area (Å²) in [5, 5.41) is 8.91. The molecule has 2 heterocycles. The molecule has 0 radical (unpaired) electrons. The molecule has 2 aromatic heterocycles. The maximum Gasteiger partial charge on any atom is 0.290 e. The topological polar surface area (TPSA) is 75.2 Å². The first-order valence-electron chi connectivity index (χ1n) is 4.41. The minimum Gasteiger partial charge on any atom is -0.491 e. The van der Waals surface area contributed by atoms with Crippen LogP contribution in [0.5, 0.6) is 5.75 Å². The highest BCUT2D eigenvalue weighted by Gasteiger charge is 2.03. The van der Waals surface area contributed by atoms with Gasteiger partial charge >= 0.3 is 0 Å². The standard InChI is InChI=1S/C10H10N2O3/c1-15-9-3-7-8(12-10(9)14)2-6(5-13)4-11-7/h2-4,13H,5H2,1H3,(H,12,14). The summed E-state index contributed by atoms with van der Waals surface area (Å²) in [4.78, 5) is 18.1. The third-order valence-corrected chi connectivity index (χ3v) is 2.12. The third-order valence-electron chi connectivity index (χ3n) is 2.12. The Bertz CT molecular complexity index is 548. The number of nitrogens with one attached hydrogen (secondary N) is 1. The average molecular weight is 206 g/mol. The molecule has 0 bridgehead atoms. The number of nitrogens with zero attached hydrogens (tertiary/aromatic N) is 1. The van der Waals surface area contributed by atoms with Crippen LogP contribution in [-0.2, 0) is 6.61 Å². The summed E-state index contributed by atoms with van der Waals surface area (Å²) in [5.41, 5.74) is 1.57. The molecule has 2 rings (SSSR count). The minimum absolute atomic E-state index is 0.100. The van der Waals surface area contributed by atoms with Gasteiger partial charge in [0.05, 0.1) is 24.8 Å². The monoisotopic (exact) mass is 206 g/mol. The number of aliphatic hydroxyl groups excluding tert-OH is 1. The highest BCUT2D eigenvalue weighted by Crippen LogP contribution is 2.13. The van der Waals surface area contributed by atoms with Gasteiger partial charge in [-0.3, -0.25) is 9.78 Å². The number of pyridine rings is 2. The molecule has 0 unspecified atom stereocenters. The Morgan fingerprint density at radius 3 is 3.00 bits per heavy atom. The van der Waals surface area contributed by atoms with Crippen LogP contribution in [0.25, 0.3) is 11.0 Å². The summed E-state index contributed by atoms with van der Waals surface area (Å²) in [5.74, 6) is 0.228. The van der Waals surface area contributed by atoms with Crippen LogP contribution in [0, 0.1) is 0 Å². The molecule has 0 spiro atoms. The minimum atomic E-state index is -0.304. The molecule has 0 fully saturated rings. The Hall–Kier alpha value is -1.88. The SMILES string of the molecule is COc1cc2ncc(CO)cc2[nH]c1=O. The van der Waals surface area contributed by atoms with E-state index in [0.29, 0.717) is 16.6 Å². The Morgan fingerprint density at radius 1 is 1.53 bits per heavy atom. The number of rotatable bonds is 2. The first-order valence-corrected chi connectivity index (χ1v) is 4.41. The summed E-state index contributed by atoms with van der Waals surface area (Å²) in [6.07, 6.45) is 1.56. The maximum atomic E-state index is 11.4. The van der Waals surface area contributed by atoms with Gasteiger partial charge in [-0.25, -0.2) is 0 Å². The van der Waals surface area contributed by atoms with Crippen molar-refractivity contribution < 1.29 is 9.84 Å². The van der Waals surface area contributed by atoms with Gasteiger partial charge in [-0.1, -0.05) is 0 Å². The molecule has 5 nitrogen and oxygen atoms in total. The Balaban J connectivity index is 2.70. The average Bonchev–Trinajstić information content (AvgIpc) is 2.27. The molecule has 0 aliphatic heterocycles. The number of aromatic amines is 1. The molecule has 0 amide bonds. The second-order valence-electron chi connectivity index (χ2n) is 3.10. The van der Waals surface area contributed by atoms with Gasteiger partial charge in [0.1, 0.15) is 0 Å². The van der Waals surface area contributed by atoms with Crippen molar-refractivity contribution >= 4 is 11.0 Å². The lowest BCUT2D eigenvalue weighted by Crippen LogP contribution is -2.09. The van der Waals surface area contributed by atoms with Crippen molar-refractivity contribution in [3.05, 3.63) is 34.2 Å². The van der Waals surface area contributed by atoms with Crippen molar-refractivity contribution in [2.24, 2.45) is 0 Å². The van der Waals surface area contributed by atoms with Gasteiger partial charge in [-0.05, 0) is 11.6 Å². The van der Waals surface area contributed by atoms with E-state index in [9.17, 15) is 4.79 Å². The summed E-state index contributed by atoms with van der Waals surface area (Å²) in [6, 6.07) is 3.25. The summed E-state index contributed by atoms with van der Waals surface area (Å²) < 4.78 is 4.88. The molecule has 5 heteroatoms. The van der Waals surface area contributed by atoms with Crippen LogP contribution in [0.1, 0.15) is 5.56 Å². The number of ether oxygens (including phenoxy) is 1. The number of aromatic nitrogens is 2. The molecular weight excluding hydrogens is 196 g/mol. The molecule has 15 heavy (non-hydrogen) atoms. The lowest BCUT2D eigenvalue weighted by atomic mass is 10.2. The number of H-pyrrole nitrogens is 1. The highest BCUT2D eigenvalue weighted by molar-refractivity contribution is 5.75. The molecule has 0 saturated carbocycles. The fourth-order valence-corrected chi connectivity index (χ4v) is 1.35. The summed E-state index contributed by atoms with van der Waals surface area (Å²) in [6.45, 7) is -0.100. The quantitative estimate of drug-likeness (QED) is 0.746. The maximum absolute atomic E-state index is 11.4. The van der Waals surface area contributed by atoms with E-state index in [0.717, 1.165) is 0 Å². The number of methoxy groups -OCH3 is 1. The van der Waals surface area contributed by atoms with Gasteiger partial charge in [0.2, 0.25) is 0 Å². The predicted octanol–water partition coefficient (Wildman–Crippen LogP) is 0.424. The number of hydrogen-bond donors (Lipinski definition) is 2. The summed E-state index contributed by atoms with van der Waals surface area (Å²) >= 11 is 0. The zero-order valence-electron chi connectivity index (χ0n) is 8.15. The molecule has 78 valence electrons. The van der Waals surface area contributed by atoms with Crippen molar-refractivity contribution in [2.45, 2.75) is 6.61 Å². The van der Waals surface area contributed by atoms with Gasteiger partial charge in [0.15, 0.2) is 5.75 Å². The fraction of sp³-hybridized carbons (Fsp3) is 0.200. The van der Waals surface area contributed by atoms with Crippen LogP contribution in [0.15, 0.2) is 23.1 Å². The molecular formula is C10H10N2O3. The molecule has 0 atom stereocenters. The third kappa shape index (κ3) is 1.69. The fourth-order valence-electron chi connectivity index (χ4n) is 1.35. The van der Waals surface area contributed by atoms with Crippen LogP contribution < -0.4 is 10.3 Å². The number of hydrogen-bond acceptors (Lipinski definition) is 4. The molecule has 0 aromatic carbocycles. The lowest BCUT2D eigenvalue weighted by Gasteiger charge is -2.02. The van der Waals surface area contributed by atoms with E-state index in [1.807, 2.05) is 0 Å². The van der Waals surface area contributed by atoms with E-state index < -0.39 is 0 Å². The summed E-state index contributed by atoms with van der Waals surface area (Å²) in [7, 11) is 1.43. The van der Waals surface area contributed by atoms with Crippen molar-refractivity contribution in [1.82, 2.24) is 9.97 Å². The van der Waals surface area contributed by atoms with E-state index in [2.05, 4.69) is 9.97 Å². The largest absolute Gasteiger partial charge is 0.491 e. The van der Waals surface area contributed by atoms with Gasteiger partial charge in [0, 0.05) is 12.3 Å². The second kappa shape index (κ2) is 3.70. The molecule has 0 saturated heterocycles. The highest BCUT2D eigenvalue weighted by atomic mass is 16.5.